The van der Waals surface area contributed by atoms with Crippen molar-refractivity contribution in [2.24, 2.45) is 0 Å². The number of hydrogen-bond donors (Lipinski definition) is 1. The van der Waals surface area contributed by atoms with Crippen molar-refractivity contribution in [1.29, 1.82) is 0 Å². The third kappa shape index (κ3) is 3.87. The molecule has 0 aliphatic heterocycles. The van der Waals surface area contributed by atoms with Crippen LogP contribution in [0.15, 0.2) is 24.3 Å². The van der Waals surface area contributed by atoms with Gasteiger partial charge in [-0.3, -0.25) is 4.79 Å². The fourth-order valence-corrected chi connectivity index (χ4v) is 3.84. The second-order valence-corrected chi connectivity index (χ2v) is 7.04. The van der Waals surface area contributed by atoms with Crippen LogP contribution in [0, 0.1) is 11.6 Å². The average molecular weight is 365 g/mol. The number of hydrogen-bond acceptors (Lipinski definition) is 4. The number of anilines is 1. The van der Waals surface area contributed by atoms with Crippen molar-refractivity contribution in [1.82, 2.24) is 0 Å². The van der Waals surface area contributed by atoms with Crippen LogP contribution in [-0.2, 0) is 22.4 Å². The van der Waals surface area contributed by atoms with Gasteiger partial charge in [-0.15, -0.1) is 11.3 Å². The molecule has 1 aromatic heterocycles. The lowest BCUT2D eigenvalue weighted by Crippen LogP contribution is -2.30. The maximum absolute atomic E-state index is 13.6. The third-order valence-corrected chi connectivity index (χ3v) is 5.28. The van der Waals surface area contributed by atoms with Gasteiger partial charge < -0.3 is 10.1 Å². The minimum atomic E-state index is -1.18. The van der Waals surface area contributed by atoms with Crippen molar-refractivity contribution in [3.63, 3.8) is 0 Å². The van der Waals surface area contributed by atoms with Crippen LogP contribution in [0.25, 0.3) is 0 Å². The van der Waals surface area contributed by atoms with E-state index < -0.39 is 35.3 Å². The van der Waals surface area contributed by atoms with E-state index >= 15 is 0 Å². The molecule has 1 N–H and O–H groups in total. The van der Waals surface area contributed by atoms with Crippen LogP contribution in [0.5, 0.6) is 0 Å². The molecule has 132 valence electrons. The molecule has 25 heavy (non-hydrogen) atoms. The highest BCUT2D eigenvalue weighted by molar-refractivity contribution is 7.14. The van der Waals surface area contributed by atoms with Gasteiger partial charge >= 0.3 is 5.97 Å². The molecule has 7 heteroatoms. The van der Waals surface area contributed by atoms with E-state index in [9.17, 15) is 18.4 Å². The third-order valence-electron chi connectivity index (χ3n) is 4.06. The Hall–Kier alpha value is -2.28. The number of benzene rings is 1. The SMILES string of the molecule is C[C@@H](OC(=O)c1cc2c(s1)CCCC2)C(=O)Nc1c(F)cccc1F. The van der Waals surface area contributed by atoms with Gasteiger partial charge in [-0.2, -0.15) is 0 Å². The molecule has 1 heterocycles. The quantitative estimate of drug-likeness (QED) is 0.831. The van der Waals surface area contributed by atoms with E-state index in [1.807, 2.05) is 6.07 Å². The summed E-state index contributed by atoms with van der Waals surface area (Å²) in [6, 6.07) is 5.07. The molecular weight excluding hydrogens is 348 g/mol. The lowest BCUT2D eigenvalue weighted by atomic mass is 9.99. The fourth-order valence-electron chi connectivity index (χ4n) is 2.71. The second kappa shape index (κ2) is 7.31. The van der Waals surface area contributed by atoms with Crippen LogP contribution in [0.1, 0.15) is 39.9 Å². The molecule has 1 aliphatic rings. The lowest BCUT2D eigenvalue weighted by molar-refractivity contribution is -0.123. The van der Waals surface area contributed by atoms with Crippen LogP contribution in [0.2, 0.25) is 0 Å². The number of nitrogens with one attached hydrogen (secondary N) is 1. The first-order valence-electron chi connectivity index (χ1n) is 8.03. The van der Waals surface area contributed by atoms with E-state index in [-0.39, 0.29) is 0 Å². The zero-order valence-corrected chi connectivity index (χ0v) is 14.4. The number of carbonyl (C=O) groups is 2. The largest absolute Gasteiger partial charge is 0.448 e. The van der Waals surface area contributed by atoms with Crippen LogP contribution < -0.4 is 5.32 Å². The number of carbonyl (C=O) groups excluding carboxylic acids is 2. The first kappa shape index (κ1) is 17.5. The summed E-state index contributed by atoms with van der Waals surface area (Å²) >= 11 is 1.38. The molecule has 0 unspecified atom stereocenters. The molecule has 1 aromatic carbocycles. The predicted octanol–water partition coefficient (Wildman–Crippen LogP) is 4.09. The van der Waals surface area contributed by atoms with Gasteiger partial charge in [0.15, 0.2) is 6.10 Å². The number of halogens is 2. The Balaban J connectivity index is 1.65. The molecule has 4 nitrogen and oxygen atoms in total. The lowest BCUT2D eigenvalue weighted by Gasteiger charge is -2.13. The zero-order chi connectivity index (χ0) is 18.0. The van der Waals surface area contributed by atoms with Gasteiger partial charge in [0.2, 0.25) is 0 Å². The Labute approximate surface area is 147 Å². The molecule has 2 aromatic rings. The number of ether oxygens (including phenoxy) is 1. The van der Waals surface area contributed by atoms with E-state index in [1.165, 1.54) is 29.2 Å². The minimum absolute atomic E-state index is 0.448. The van der Waals surface area contributed by atoms with Gasteiger partial charge in [-0.25, -0.2) is 13.6 Å². The summed E-state index contributed by atoms with van der Waals surface area (Å²) in [4.78, 5) is 25.9. The summed E-state index contributed by atoms with van der Waals surface area (Å²) in [5.74, 6) is -3.18. The minimum Gasteiger partial charge on any atom is -0.448 e. The van der Waals surface area contributed by atoms with Gasteiger partial charge in [-0.05, 0) is 56.4 Å². The van der Waals surface area contributed by atoms with E-state index in [4.69, 9.17) is 4.74 Å². The van der Waals surface area contributed by atoms with Gasteiger partial charge in [-0.1, -0.05) is 6.07 Å². The molecule has 1 amide bonds. The number of amides is 1. The van der Waals surface area contributed by atoms with Crippen molar-refractivity contribution in [2.75, 3.05) is 5.32 Å². The van der Waals surface area contributed by atoms with E-state index in [0.29, 0.717) is 4.88 Å². The van der Waals surface area contributed by atoms with Gasteiger partial charge in [0.25, 0.3) is 5.91 Å². The van der Waals surface area contributed by atoms with Crippen LogP contribution in [-0.4, -0.2) is 18.0 Å². The Morgan fingerprint density at radius 3 is 2.56 bits per heavy atom. The highest BCUT2D eigenvalue weighted by Crippen LogP contribution is 2.30. The normalized spacial score (nSPS) is 14.5. The Morgan fingerprint density at radius 2 is 1.88 bits per heavy atom. The monoisotopic (exact) mass is 365 g/mol. The molecular formula is C18H17F2NO3S. The first-order chi connectivity index (χ1) is 12.0. The summed E-state index contributed by atoms with van der Waals surface area (Å²) in [5, 5.41) is 2.12. The van der Waals surface area contributed by atoms with Crippen molar-refractivity contribution in [3.8, 4) is 0 Å². The molecule has 0 spiro atoms. The van der Waals surface area contributed by atoms with Crippen molar-refractivity contribution in [3.05, 3.63) is 51.2 Å². The maximum Gasteiger partial charge on any atom is 0.349 e. The standard InChI is InChI=1S/C18H17F2NO3S/c1-10(17(22)21-16-12(19)6-4-7-13(16)20)24-18(23)15-9-11-5-2-3-8-14(11)25-15/h4,6-7,9-10H,2-3,5,8H2,1H3,(H,21,22)/t10-/m1/s1. The number of fused-ring (bicyclic) bond motifs is 1. The van der Waals surface area contributed by atoms with Crippen molar-refractivity contribution < 1.29 is 23.1 Å². The molecule has 0 radical (unpaired) electrons. The highest BCUT2D eigenvalue weighted by Gasteiger charge is 2.24. The Morgan fingerprint density at radius 1 is 1.20 bits per heavy atom. The highest BCUT2D eigenvalue weighted by atomic mass is 32.1. The van der Waals surface area contributed by atoms with E-state index in [0.717, 1.165) is 43.4 Å². The van der Waals surface area contributed by atoms with Crippen LogP contribution in [0.3, 0.4) is 0 Å². The Bertz CT molecular complexity index is 775. The van der Waals surface area contributed by atoms with Gasteiger partial charge in [0, 0.05) is 4.88 Å². The average Bonchev–Trinajstić information content (AvgIpc) is 3.02. The Kier molecular flexibility index (Phi) is 5.13. The maximum atomic E-state index is 13.6. The van der Waals surface area contributed by atoms with E-state index in [1.54, 1.807) is 0 Å². The molecule has 0 saturated heterocycles. The topological polar surface area (TPSA) is 55.4 Å². The predicted molar refractivity (Wildman–Crippen MR) is 90.8 cm³/mol. The fraction of sp³-hybridized carbons (Fsp3) is 0.333. The summed E-state index contributed by atoms with van der Waals surface area (Å²) in [6.45, 7) is 1.36. The molecule has 0 bridgehead atoms. The van der Waals surface area contributed by atoms with Crippen LogP contribution >= 0.6 is 11.3 Å². The van der Waals surface area contributed by atoms with Crippen molar-refractivity contribution >= 4 is 28.9 Å². The van der Waals surface area contributed by atoms with Crippen molar-refractivity contribution in [2.45, 2.75) is 38.7 Å². The number of rotatable bonds is 4. The smallest absolute Gasteiger partial charge is 0.349 e. The second-order valence-electron chi connectivity index (χ2n) is 5.90. The van der Waals surface area contributed by atoms with E-state index in [2.05, 4.69) is 5.32 Å². The zero-order valence-electron chi connectivity index (χ0n) is 13.6. The number of esters is 1. The van der Waals surface area contributed by atoms with Crippen LogP contribution in [0.4, 0.5) is 14.5 Å². The molecule has 3 rings (SSSR count). The summed E-state index contributed by atoms with van der Waals surface area (Å²) in [6.07, 6.45) is 2.93. The molecule has 0 fully saturated rings. The first-order valence-corrected chi connectivity index (χ1v) is 8.85. The molecule has 0 saturated carbocycles. The molecule has 1 atom stereocenters. The number of para-hydroxylation sites is 1. The van der Waals surface area contributed by atoms with Gasteiger partial charge in [0.05, 0.1) is 0 Å². The number of aryl methyl sites for hydroxylation is 2. The summed E-state index contributed by atoms with van der Waals surface area (Å²) in [7, 11) is 0. The summed E-state index contributed by atoms with van der Waals surface area (Å²) < 4.78 is 32.3. The van der Waals surface area contributed by atoms with Gasteiger partial charge in [0.1, 0.15) is 22.2 Å². The molecule has 1 aliphatic carbocycles. The summed E-state index contributed by atoms with van der Waals surface area (Å²) in [5.41, 5.74) is 0.607. The number of thiophene rings is 1.